The Kier molecular flexibility index (Phi) is 6.57. The summed E-state index contributed by atoms with van der Waals surface area (Å²) >= 11 is 0. The highest BCUT2D eigenvalue weighted by Crippen LogP contribution is 2.22. The van der Waals surface area contributed by atoms with Crippen LogP contribution >= 0.6 is 0 Å². The van der Waals surface area contributed by atoms with Crippen molar-refractivity contribution < 1.29 is 0 Å². The van der Waals surface area contributed by atoms with Crippen molar-refractivity contribution in [2.45, 2.75) is 47.0 Å². The van der Waals surface area contributed by atoms with Crippen molar-refractivity contribution in [3.05, 3.63) is 0 Å². The Balaban J connectivity index is 3.66. The van der Waals surface area contributed by atoms with Gasteiger partial charge in [-0.2, -0.15) is 0 Å². The van der Waals surface area contributed by atoms with Gasteiger partial charge in [0.25, 0.3) is 0 Å². The van der Waals surface area contributed by atoms with Crippen LogP contribution < -0.4 is 5.73 Å². The van der Waals surface area contributed by atoms with Crippen LogP contribution in [0.1, 0.15) is 47.0 Å². The third-order valence-corrected chi connectivity index (χ3v) is 3.15. The van der Waals surface area contributed by atoms with E-state index >= 15 is 0 Å². The molecule has 3 N–H and O–H groups in total. The van der Waals surface area contributed by atoms with E-state index in [2.05, 4.69) is 18.7 Å². The van der Waals surface area contributed by atoms with Crippen LogP contribution in [0, 0.1) is 10.8 Å². The van der Waals surface area contributed by atoms with Crippen molar-refractivity contribution in [1.82, 2.24) is 4.90 Å². The van der Waals surface area contributed by atoms with E-state index in [1.165, 1.54) is 13.0 Å². The monoisotopic (exact) mass is 213 g/mol. The predicted octanol–water partition coefficient (Wildman–Crippen LogP) is 2.46. The Morgan fingerprint density at radius 3 is 2.13 bits per heavy atom. The summed E-state index contributed by atoms with van der Waals surface area (Å²) in [7, 11) is 0. The second kappa shape index (κ2) is 6.83. The molecule has 0 aromatic heterocycles. The molecule has 0 aliphatic heterocycles. The van der Waals surface area contributed by atoms with E-state index in [1.807, 2.05) is 13.8 Å². The van der Waals surface area contributed by atoms with Crippen LogP contribution in [0.25, 0.3) is 0 Å². The minimum atomic E-state index is -0.122. The molecule has 0 amide bonds. The number of nitrogens with one attached hydrogen (secondary N) is 1. The highest BCUT2D eigenvalue weighted by atomic mass is 15.1. The van der Waals surface area contributed by atoms with Gasteiger partial charge >= 0.3 is 0 Å². The summed E-state index contributed by atoms with van der Waals surface area (Å²) in [4.78, 5) is 2.43. The maximum absolute atomic E-state index is 7.46. The predicted molar refractivity (Wildman–Crippen MR) is 67.3 cm³/mol. The van der Waals surface area contributed by atoms with Crippen LogP contribution in [0.2, 0.25) is 0 Å². The number of hydrogen-bond acceptors (Lipinski definition) is 2. The molecule has 90 valence electrons. The third-order valence-electron chi connectivity index (χ3n) is 3.15. The molecule has 0 aliphatic rings. The second-order valence-electron chi connectivity index (χ2n) is 4.78. The average Bonchev–Trinajstić information content (AvgIpc) is 2.18. The lowest BCUT2D eigenvalue weighted by molar-refractivity contribution is 0.289. The first-order valence-electron chi connectivity index (χ1n) is 6.01. The zero-order valence-corrected chi connectivity index (χ0v) is 10.8. The number of nitrogens with zero attached hydrogens (tertiary/aromatic N) is 1. The fourth-order valence-corrected chi connectivity index (χ4v) is 1.58. The highest BCUT2D eigenvalue weighted by molar-refractivity contribution is 5.82. The maximum atomic E-state index is 7.46. The van der Waals surface area contributed by atoms with Gasteiger partial charge in [0.1, 0.15) is 0 Å². The maximum Gasteiger partial charge on any atom is 0.0963 e. The van der Waals surface area contributed by atoms with Gasteiger partial charge in [-0.05, 0) is 32.5 Å². The van der Waals surface area contributed by atoms with Gasteiger partial charge in [-0.15, -0.1) is 0 Å². The van der Waals surface area contributed by atoms with E-state index in [4.69, 9.17) is 11.1 Å². The van der Waals surface area contributed by atoms with E-state index in [0.29, 0.717) is 5.84 Å². The van der Waals surface area contributed by atoms with E-state index in [-0.39, 0.29) is 5.41 Å². The number of hydrogen-bond donors (Lipinski definition) is 2. The van der Waals surface area contributed by atoms with E-state index in [1.54, 1.807) is 0 Å². The van der Waals surface area contributed by atoms with E-state index in [0.717, 1.165) is 25.9 Å². The minimum Gasteiger partial charge on any atom is -0.387 e. The van der Waals surface area contributed by atoms with Gasteiger partial charge in [0.15, 0.2) is 0 Å². The van der Waals surface area contributed by atoms with Crippen molar-refractivity contribution in [2.24, 2.45) is 11.1 Å². The van der Waals surface area contributed by atoms with E-state index in [9.17, 15) is 0 Å². The van der Waals surface area contributed by atoms with Gasteiger partial charge < -0.3 is 10.6 Å². The third kappa shape index (κ3) is 5.78. The molecule has 0 spiro atoms. The molecule has 0 rings (SSSR count). The fourth-order valence-electron chi connectivity index (χ4n) is 1.58. The molecule has 3 nitrogen and oxygen atoms in total. The fraction of sp³-hybridized carbons (Fsp3) is 0.917. The summed E-state index contributed by atoms with van der Waals surface area (Å²) < 4.78 is 0. The summed E-state index contributed by atoms with van der Waals surface area (Å²) in [5, 5.41) is 7.46. The Labute approximate surface area is 94.5 Å². The van der Waals surface area contributed by atoms with Crippen molar-refractivity contribution in [3.63, 3.8) is 0 Å². The molecule has 0 unspecified atom stereocenters. The van der Waals surface area contributed by atoms with Crippen LogP contribution in [0.5, 0.6) is 0 Å². The molecule has 0 aliphatic carbocycles. The summed E-state index contributed by atoms with van der Waals surface area (Å²) in [5.74, 6) is 0.310. The number of nitrogens with two attached hydrogens (primary N) is 1. The van der Waals surface area contributed by atoms with Gasteiger partial charge in [-0.25, -0.2) is 0 Å². The lowest BCUT2D eigenvalue weighted by atomic mass is 9.86. The van der Waals surface area contributed by atoms with Crippen LogP contribution in [-0.4, -0.2) is 30.4 Å². The molecule has 0 aromatic rings. The summed E-state index contributed by atoms with van der Waals surface area (Å²) in [5.41, 5.74) is 5.42. The molecule has 0 atom stereocenters. The zero-order chi connectivity index (χ0) is 11.9. The highest BCUT2D eigenvalue weighted by Gasteiger charge is 2.20. The molecule has 0 fully saturated rings. The molecule has 0 aromatic carbocycles. The molecular formula is C12H27N3. The minimum absolute atomic E-state index is 0.122. The van der Waals surface area contributed by atoms with Crippen molar-refractivity contribution in [3.8, 4) is 0 Å². The van der Waals surface area contributed by atoms with Crippen LogP contribution in [0.3, 0.4) is 0 Å². The Morgan fingerprint density at radius 2 is 1.73 bits per heavy atom. The number of unbranched alkanes of at least 4 members (excludes halogenated alkanes) is 1. The quantitative estimate of drug-likeness (QED) is 0.370. The molecule has 15 heavy (non-hydrogen) atoms. The first-order chi connectivity index (χ1) is 6.94. The zero-order valence-electron chi connectivity index (χ0n) is 10.8. The van der Waals surface area contributed by atoms with E-state index < -0.39 is 0 Å². The van der Waals surface area contributed by atoms with Crippen molar-refractivity contribution in [1.29, 1.82) is 5.41 Å². The lowest BCUT2D eigenvalue weighted by Crippen LogP contribution is -2.31. The average molecular weight is 213 g/mol. The molecule has 0 radical (unpaired) electrons. The first-order valence-corrected chi connectivity index (χ1v) is 6.01. The largest absolute Gasteiger partial charge is 0.387 e. The lowest BCUT2D eigenvalue weighted by Gasteiger charge is -2.23. The molecule has 0 bridgehead atoms. The summed E-state index contributed by atoms with van der Waals surface area (Å²) in [6, 6.07) is 0. The molecule has 0 saturated carbocycles. The van der Waals surface area contributed by atoms with Crippen molar-refractivity contribution >= 4 is 5.84 Å². The molecule has 0 heterocycles. The van der Waals surface area contributed by atoms with Gasteiger partial charge in [0.2, 0.25) is 0 Å². The standard InChI is InChI=1S/C12H27N3/c1-5-15(6-2)10-8-7-9-12(3,4)11(13)14/h5-10H2,1-4H3,(H3,13,14). The van der Waals surface area contributed by atoms with Gasteiger partial charge in [0, 0.05) is 5.41 Å². The molecule has 3 heteroatoms. The Bertz CT molecular complexity index is 183. The first kappa shape index (κ1) is 14.4. The van der Waals surface area contributed by atoms with Crippen LogP contribution in [0.15, 0.2) is 0 Å². The van der Waals surface area contributed by atoms with Gasteiger partial charge in [-0.3, -0.25) is 5.41 Å². The summed E-state index contributed by atoms with van der Waals surface area (Å²) in [6.45, 7) is 11.9. The van der Waals surface area contributed by atoms with Crippen LogP contribution in [0.4, 0.5) is 0 Å². The Hall–Kier alpha value is -0.570. The van der Waals surface area contributed by atoms with Crippen molar-refractivity contribution in [2.75, 3.05) is 19.6 Å². The molecular weight excluding hydrogens is 186 g/mol. The topological polar surface area (TPSA) is 53.1 Å². The number of amidine groups is 1. The SMILES string of the molecule is CCN(CC)CCCCC(C)(C)C(=N)N. The van der Waals surface area contributed by atoms with Crippen LogP contribution in [-0.2, 0) is 0 Å². The van der Waals surface area contributed by atoms with Gasteiger partial charge in [0.05, 0.1) is 5.84 Å². The smallest absolute Gasteiger partial charge is 0.0963 e. The Morgan fingerprint density at radius 1 is 1.20 bits per heavy atom. The van der Waals surface area contributed by atoms with Gasteiger partial charge in [-0.1, -0.05) is 34.1 Å². The molecule has 0 saturated heterocycles. The summed E-state index contributed by atoms with van der Waals surface area (Å²) in [6.07, 6.45) is 3.38. The second-order valence-corrected chi connectivity index (χ2v) is 4.78. The normalized spacial score (nSPS) is 12.1. The number of rotatable bonds is 8.